The first-order valence-electron chi connectivity index (χ1n) is 9.67. The number of benzene rings is 1. The highest BCUT2D eigenvalue weighted by molar-refractivity contribution is 7.99. The van der Waals surface area contributed by atoms with Crippen LogP contribution in [0, 0.1) is 0 Å². The number of nitrogens with one attached hydrogen (secondary N) is 2. The Balaban J connectivity index is 1.39. The van der Waals surface area contributed by atoms with Gasteiger partial charge in [-0.3, -0.25) is 9.59 Å². The monoisotopic (exact) mass is 496 g/mol. The van der Waals surface area contributed by atoms with Crippen molar-refractivity contribution < 1.29 is 22.8 Å². The second-order valence-electron chi connectivity index (χ2n) is 7.13. The van der Waals surface area contributed by atoms with Gasteiger partial charge in [0.2, 0.25) is 5.91 Å². The quantitative estimate of drug-likeness (QED) is 0.379. The predicted octanol–water partition coefficient (Wildman–Crippen LogP) is 3.96. The molecule has 3 aromatic rings. The van der Waals surface area contributed by atoms with Crippen molar-refractivity contribution in [2.75, 3.05) is 11.1 Å². The van der Waals surface area contributed by atoms with Gasteiger partial charge in [-0.2, -0.15) is 18.3 Å². The average molecular weight is 497 g/mol. The molecule has 0 bridgehead atoms. The lowest BCUT2D eigenvalue weighted by molar-refractivity contribution is -0.137. The van der Waals surface area contributed by atoms with E-state index in [0.717, 1.165) is 36.7 Å². The molecule has 33 heavy (non-hydrogen) atoms. The highest BCUT2D eigenvalue weighted by atomic mass is 35.5. The molecule has 8 nitrogen and oxygen atoms in total. The molecular weight excluding hydrogens is 481 g/mol. The lowest BCUT2D eigenvalue weighted by Gasteiger charge is -2.14. The summed E-state index contributed by atoms with van der Waals surface area (Å²) in [5, 5.41) is 9.61. The number of thioether (sulfide) groups is 1. The number of hydrogen-bond acceptors (Lipinski definition) is 6. The number of aromatic nitrogens is 4. The van der Waals surface area contributed by atoms with Crippen LogP contribution in [0.3, 0.4) is 0 Å². The molecule has 1 aliphatic carbocycles. The van der Waals surface area contributed by atoms with Gasteiger partial charge in [-0.15, -0.1) is 0 Å². The van der Waals surface area contributed by atoms with Crippen molar-refractivity contribution in [2.45, 2.75) is 30.1 Å². The fraction of sp³-hybridized carbons (Fsp3) is 0.250. The molecule has 0 aliphatic heterocycles. The fourth-order valence-corrected chi connectivity index (χ4v) is 3.61. The molecule has 4 rings (SSSR count). The normalized spacial score (nSPS) is 13.6. The van der Waals surface area contributed by atoms with Crippen LogP contribution in [0.1, 0.15) is 28.9 Å². The summed E-state index contributed by atoms with van der Waals surface area (Å²) in [5.74, 6) is -0.733. The maximum Gasteiger partial charge on any atom is 0.418 e. The zero-order valence-corrected chi connectivity index (χ0v) is 18.3. The van der Waals surface area contributed by atoms with Crippen LogP contribution in [0.4, 0.5) is 18.9 Å². The number of halogens is 4. The summed E-state index contributed by atoms with van der Waals surface area (Å²) in [5.41, 5.74) is -1.16. The van der Waals surface area contributed by atoms with Crippen LogP contribution in [-0.4, -0.2) is 43.4 Å². The lowest BCUT2D eigenvalue weighted by atomic mass is 10.1. The van der Waals surface area contributed by atoms with Crippen molar-refractivity contribution in [3.05, 3.63) is 59.1 Å². The van der Waals surface area contributed by atoms with E-state index >= 15 is 0 Å². The van der Waals surface area contributed by atoms with Gasteiger partial charge < -0.3 is 10.6 Å². The summed E-state index contributed by atoms with van der Waals surface area (Å²) in [6.07, 6.45) is 0.0944. The summed E-state index contributed by atoms with van der Waals surface area (Å²) >= 11 is 6.66. The molecule has 2 amide bonds. The second kappa shape index (κ2) is 9.40. The third-order valence-corrected chi connectivity index (χ3v) is 5.67. The van der Waals surface area contributed by atoms with E-state index in [2.05, 4.69) is 25.7 Å². The lowest BCUT2D eigenvalue weighted by Crippen LogP contribution is -2.25. The van der Waals surface area contributed by atoms with Gasteiger partial charge in [0.1, 0.15) is 11.4 Å². The van der Waals surface area contributed by atoms with Crippen molar-refractivity contribution in [2.24, 2.45) is 0 Å². The molecule has 13 heteroatoms. The molecule has 2 N–H and O–H groups in total. The highest BCUT2D eigenvalue weighted by Gasteiger charge is 2.34. The molecule has 172 valence electrons. The van der Waals surface area contributed by atoms with Crippen molar-refractivity contribution >= 4 is 40.9 Å². The minimum absolute atomic E-state index is 0.0880. The van der Waals surface area contributed by atoms with Gasteiger partial charge in [0, 0.05) is 23.3 Å². The first-order valence-corrected chi connectivity index (χ1v) is 11.0. The Hall–Kier alpha value is -3.12. The number of hydrogen-bond donors (Lipinski definition) is 2. The van der Waals surface area contributed by atoms with E-state index in [0.29, 0.717) is 10.8 Å². The molecule has 0 saturated heterocycles. The van der Waals surface area contributed by atoms with E-state index in [1.165, 1.54) is 17.1 Å². The number of alkyl halides is 3. The molecule has 2 aromatic heterocycles. The SMILES string of the molecule is O=C(CSc1cc(-n2ccc(C(=O)NC3CC3)n2)ncn1)Nc1ccc(Cl)cc1C(F)(F)F. The van der Waals surface area contributed by atoms with E-state index in [-0.39, 0.29) is 34.1 Å². The molecule has 2 heterocycles. The van der Waals surface area contributed by atoms with Crippen LogP contribution in [-0.2, 0) is 11.0 Å². The third kappa shape index (κ3) is 6.02. The van der Waals surface area contributed by atoms with Crippen LogP contribution < -0.4 is 10.6 Å². The summed E-state index contributed by atoms with van der Waals surface area (Å²) in [4.78, 5) is 32.5. The number of carbonyl (C=O) groups excluding carboxylic acids is 2. The maximum absolute atomic E-state index is 13.2. The van der Waals surface area contributed by atoms with Crippen LogP contribution >= 0.6 is 23.4 Å². The predicted molar refractivity (Wildman–Crippen MR) is 115 cm³/mol. The van der Waals surface area contributed by atoms with Crippen LogP contribution in [0.25, 0.3) is 5.82 Å². The van der Waals surface area contributed by atoms with Crippen LogP contribution in [0.15, 0.2) is 47.9 Å². The number of carbonyl (C=O) groups is 2. The zero-order chi connectivity index (χ0) is 23.6. The van der Waals surface area contributed by atoms with E-state index in [9.17, 15) is 22.8 Å². The van der Waals surface area contributed by atoms with Gasteiger partial charge >= 0.3 is 6.18 Å². The summed E-state index contributed by atoms with van der Waals surface area (Å²) in [7, 11) is 0. The average Bonchev–Trinajstić information content (AvgIpc) is 3.44. The first kappa shape index (κ1) is 23.1. The van der Waals surface area contributed by atoms with Crippen molar-refractivity contribution in [3.63, 3.8) is 0 Å². The first-order chi connectivity index (χ1) is 15.7. The van der Waals surface area contributed by atoms with Gasteiger partial charge in [-0.05, 0) is 37.1 Å². The number of rotatable bonds is 7. The standard InChI is InChI=1S/C20H16ClF3N6O2S/c21-11-1-4-14(13(7-11)20(22,23)24)28-17(31)9-33-18-8-16(25-10-26-18)30-6-5-15(29-30)19(32)27-12-2-3-12/h1,4-8,10,12H,2-3,9H2,(H,27,32)(H,28,31). The molecule has 0 unspecified atom stereocenters. The smallest absolute Gasteiger partial charge is 0.348 e. The largest absolute Gasteiger partial charge is 0.418 e. The topological polar surface area (TPSA) is 102 Å². The van der Waals surface area contributed by atoms with Gasteiger partial charge in [0.15, 0.2) is 11.5 Å². The molecule has 1 aromatic carbocycles. The van der Waals surface area contributed by atoms with Crippen LogP contribution in [0.2, 0.25) is 5.02 Å². The van der Waals surface area contributed by atoms with E-state index in [1.54, 1.807) is 18.3 Å². The Morgan fingerprint density at radius 3 is 2.70 bits per heavy atom. The van der Waals surface area contributed by atoms with Gasteiger partial charge in [0.05, 0.1) is 17.0 Å². The fourth-order valence-electron chi connectivity index (χ4n) is 2.78. The molecule has 1 saturated carbocycles. The van der Waals surface area contributed by atoms with Crippen molar-refractivity contribution in [1.82, 2.24) is 25.1 Å². The molecule has 1 aliphatic rings. The third-order valence-electron chi connectivity index (χ3n) is 4.51. The van der Waals surface area contributed by atoms with Gasteiger partial charge in [-0.25, -0.2) is 14.6 Å². The highest BCUT2D eigenvalue weighted by Crippen LogP contribution is 2.36. The molecule has 0 atom stereocenters. The van der Waals surface area contributed by atoms with Crippen molar-refractivity contribution in [3.8, 4) is 5.82 Å². The van der Waals surface area contributed by atoms with Gasteiger partial charge in [-0.1, -0.05) is 23.4 Å². The van der Waals surface area contributed by atoms with E-state index < -0.39 is 17.6 Å². The minimum Gasteiger partial charge on any atom is -0.348 e. The summed E-state index contributed by atoms with van der Waals surface area (Å²) in [6, 6.07) is 6.44. The minimum atomic E-state index is -4.67. The Bertz CT molecular complexity index is 1200. The van der Waals surface area contributed by atoms with Crippen molar-refractivity contribution in [1.29, 1.82) is 0 Å². The zero-order valence-electron chi connectivity index (χ0n) is 16.8. The summed E-state index contributed by atoms with van der Waals surface area (Å²) in [6.45, 7) is 0. The molecule has 0 radical (unpaired) electrons. The maximum atomic E-state index is 13.2. The molecular formula is C20H16ClF3N6O2S. The number of anilines is 1. The second-order valence-corrected chi connectivity index (χ2v) is 8.56. The summed E-state index contributed by atoms with van der Waals surface area (Å²) < 4.78 is 41.0. The molecule has 0 spiro atoms. The number of nitrogens with zero attached hydrogens (tertiary/aromatic N) is 4. The van der Waals surface area contributed by atoms with E-state index in [4.69, 9.17) is 11.6 Å². The van der Waals surface area contributed by atoms with E-state index in [1.807, 2.05) is 0 Å². The number of amides is 2. The Kier molecular flexibility index (Phi) is 6.56. The molecule has 1 fully saturated rings. The Labute approximate surface area is 194 Å². The van der Waals surface area contributed by atoms with Crippen LogP contribution in [0.5, 0.6) is 0 Å². The Morgan fingerprint density at radius 2 is 1.97 bits per heavy atom. The van der Waals surface area contributed by atoms with Gasteiger partial charge in [0.25, 0.3) is 5.91 Å². The Morgan fingerprint density at radius 1 is 1.18 bits per heavy atom.